The van der Waals surface area contributed by atoms with Crippen molar-refractivity contribution in [2.75, 3.05) is 13.6 Å². The summed E-state index contributed by atoms with van der Waals surface area (Å²) in [7, 11) is 1.77. The van der Waals surface area contributed by atoms with Gasteiger partial charge < -0.3 is 4.90 Å². The Balaban J connectivity index is 2.40. The number of aromatic nitrogens is 1. The topological polar surface area (TPSA) is 39.9 Å². The monoisotopic (exact) mass is 161 g/mol. The van der Waals surface area contributed by atoms with Crippen LogP contribution in [-0.4, -0.2) is 23.5 Å². The van der Waals surface area contributed by atoms with Crippen molar-refractivity contribution in [3.8, 4) is 6.19 Å². The molecule has 3 nitrogen and oxygen atoms in total. The van der Waals surface area contributed by atoms with Crippen LogP contribution in [0.3, 0.4) is 0 Å². The minimum Gasteiger partial charge on any atom is -0.313 e. The molecule has 0 unspecified atom stereocenters. The van der Waals surface area contributed by atoms with E-state index in [1.807, 2.05) is 24.4 Å². The molecule has 62 valence electrons. The Morgan fingerprint density at radius 1 is 1.58 bits per heavy atom. The second-order valence-corrected chi connectivity index (χ2v) is 2.59. The molecule has 12 heavy (non-hydrogen) atoms. The van der Waals surface area contributed by atoms with Crippen molar-refractivity contribution < 1.29 is 0 Å². The Morgan fingerprint density at radius 3 is 3.00 bits per heavy atom. The summed E-state index contributed by atoms with van der Waals surface area (Å²) in [5.74, 6) is 0. The molecule has 1 heterocycles. The molecule has 3 heteroatoms. The van der Waals surface area contributed by atoms with Crippen molar-refractivity contribution in [2.45, 2.75) is 6.42 Å². The van der Waals surface area contributed by atoms with Crippen LogP contribution in [0.2, 0.25) is 0 Å². The molecule has 0 radical (unpaired) electrons. The molecule has 0 aliphatic carbocycles. The number of hydrogen-bond acceptors (Lipinski definition) is 3. The quantitative estimate of drug-likeness (QED) is 0.491. The zero-order valence-corrected chi connectivity index (χ0v) is 7.07. The molecule has 1 rings (SSSR count). The average molecular weight is 161 g/mol. The molecule has 1 aromatic heterocycles. The van der Waals surface area contributed by atoms with Crippen LogP contribution in [0.1, 0.15) is 5.69 Å². The molecule has 0 aliphatic heterocycles. The zero-order valence-electron chi connectivity index (χ0n) is 7.07. The fourth-order valence-electron chi connectivity index (χ4n) is 0.878. The van der Waals surface area contributed by atoms with Crippen molar-refractivity contribution in [2.24, 2.45) is 0 Å². The van der Waals surface area contributed by atoms with Crippen LogP contribution in [0.5, 0.6) is 0 Å². The maximum atomic E-state index is 8.47. The van der Waals surface area contributed by atoms with Gasteiger partial charge in [-0.15, -0.1) is 0 Å². The fraction of sp³-hybridized carbons (Fsp3) is 0.333. The molecule has 0 aromatic carbocycles. The van der Waals surface area contributed by atoms with Gasteiger partial charge in [-0.3, -0.25) is 4.98 Å². The molecule has 0 amide bonds. The van der Waals surface area contributed by atoms with Crippen molar-refractivity contribution in [3.05, 3.63) is 30.1 Å². The molecule has 0 saturated heterocycles. The first-order valence-corrected chi connectivity index (χ1v) is 3.83. The lowest BCUT2D eigenvalue weighted by atomic mass is 10.3. The summed E-state index contributed by atoms with van der Waals surface area (Å²) < 4.78 is 0. The Morgan fingerprint density at radius 2 is 2.42 bits per heavy atom. The summed E-state index contributed by atoms with van der Waals surface area (Å²) in [5.41, 5.74) is 1.03. The molecule has 0 fully saturated rings. The summed E-state index contributed by atoms with van der Waals surface area (Å²) in [6, 6.07) is 5.80. The smallest absolute Gasteiger partial charge is 0.179 e. The Hall–Kier alpha value is -1.56. The summed E-state index contributed by atoms with van der Waals surface area (Å²) in [6.07, 6.45) is 4.63. The van der Waals surface area contributed by atoms with Crippen LogP contribution in [-0.2, 0) is 6.42 Å². The highest BCUT2D eigenvalue weighted by Gasteiger charge is 1.95. The second-order valence-electron chi connectivity index (χ2n) is 2.59. The maximum absolute atomic E-state index is 8.47. The van der Waals surface area contributed by atoms with E-state index in [1.54, 1.807) is 18.1 Å². The van der Waals surface area contributed by atoms with Crippen LogP contribution in [0.4, 0.5) is 0 Å². The average Bonchev–Trinajstić information content (AvgIpc) is 2.16. The largest absolute Gasteiger partial charge is 0.313 e. The maximum Gasteiger partial charge on any atom is 0.179 e. The van der Waals surface area contributed by atoms with Crippen LogP contribution in [0.25, 0.3) is 0 Å². The highest BCUT2D eigenvalue weighted by molar-refractivity contribution is 5.03. The van der Waals surface area contributed by atoms with Gasteiger partial charge in [0, 0.05) is 31.9 Å². The normalized spacial score (nSPS) is 9.00. The van der Waals surface area contributed by atoms with Gasteiger partial charge in [0.1, 0.15) is 0 Å². The third-order valence-corrected chi connectivity index (χ3v) is 1.60. The lowest BCUT2D eigenvalue weighted by molar-refractivity contribution is 0.476. The summed E-state index contributed by atoms with van der Waals surface area (Å²) in [6.45, 7) is 0.730. The Bertz CT molecular complexity index is 263. The third kappa shape index (κ3) is 2.59. The first-order valence-electron chi connectivity index (χ1n) is 3.83. The van der Waals surface area contributed by atoms with E-state index in [2.05, 4.69) is 4.98 Å². The predicted octanol–water partition coefficient (Wildman–Crippen LogP) is 1.04. The third-order valence-electron chi connectivity index (χ3n) is 1.60. The van der Waals surface area contributed by atoms with Gasteiger partial charge in [0.2, 0.25) is 0 Å². The number of nitriles is 1. The lowest BCUT2D eigenvalue weighted by Gasteiger charge is -2.06. The molecule has 1 aromatic rings. The lowest BCUT2D eigenvalue weighted by Crippen LogP contribution is -2.14. The summed E-state index contributed by atoms with van der Waals surface area (Å²) in [4.78, 5) is 5.74. The predicted molar refractivity (Wildman–Crippen MR) is 46.2 cm³/mol. The van der Waals surface area contributed by atoms with E-state index < -0.39 is 0 Å². The van der Waals surface area contributed by atoms with Gasteiger partial charge in [-0.2, -0.15) is 5.26 Å². The number of nitrogens with zero attached hydrogens (tertiary/aromatic N) is 3. The van der Waals surface area contributed by atoms with Crippen molar-refractivity contribution >= 4 is 0 Å². The summed E-state index contributed by atoms with van der Waals surface area (Å²) >= 11 is 0. The van der Waals surface area contributed by atoms with Crippen LogP contribution < -0.4 is 0 Å². The molecule has 0 N–H and O–H groups in total. The van der Waals surface area contributed by atoms with E-state index in [4.69, 9.17) is 5.26 Å². The van der Waals surface area contributed by atoms with E-state index in [9.17, 15) is 0 Å². The van der Waals surface area contributed by atoms with E-state index >= 15 is 0 Å². The number of likely N-dealkylation sites (N-methyl/N-ethyl adjacent to an activating group) is 1. The van der Waals surface area contributed by atoms with Gasteiger partial charge in [-0.25, -0.2) is 0 Å². The number of rotatable bonds is 3. The highest BCUT2D eigenvalue weighted by atomic mass is 15.1. The van der Waals surface area contributed by atoms with Gasteiger partial charge >= 0.3 is 0 Å². The van der Waals surface area contributed by atoms with Gasteiger partial charge in [-0.1, -0.05) is 6.07 Å². The van der Waals surface area contributed by atoms with Gasteiger partial charge in [0.25, 0.3) is 0 Å². The van der Waals surface area contributed by atoms with Crippen molar-refractivity contribution in [1.82, 2.24) is 9.88 Å². The van der Waals surface area contributed by atoms with E-state index in [0.717, 1.165) is 18.7 Å². The standard InChI is InChI=1S/C9H11N3/c1-12(8-10)7-5-9-4-2-3-6-11-9/h2-4,6H,5,7H2,1H3. The zero-order chi connectivity index (χ0) is 8.81. The van der Waals surface area contributed by atoms with Gasteiger partial charge in [0.15, 0.2) is 6.19 Å². The molecular formula is C9H11N3. The SMILES string of the molecule is CN(C#N)CCc1ccccn1. The molecule has 0 saturated carbocycles. The van der Waals surface area contributed by atoms with Gasteiger partial charge in [-0.05, 0) is 12.1 Å². The minimum atomic E-state index is 0.730. The second kappa shape index (κ2) is 4.35. The first-order chi connectivity index (χ1) is 5.83. The summed E-state index contributed by atoms with van der Waals surface area (Å²) in [5, 5.41) is 8.47. The van der Waals surface area contributed by atoms with Crippen LogP contribution in [0.15, 0.2) is 24.4 Å². The highest BCUT2D eigenvalue weighted by Crippen LogP contribution is 1.95. The van der Waals surface area contributed by atoms with E-state index in [-0.39, 0.29) is 0 Å². The minimum absolute atomic E-state index is 0.730. The van der Waals surface area contributed by atoms with Gasteiger partial charge in [0.05, 0.1) is 0 Å². The molecule has 0 spiro atoms. The van der Waals surface area contributed by atoms with E-state index in [1.165, 1.54) is 0 Å². The molecule has 0 aliphatic rings. The Labute approximate surface area is 72.3 Å². The molecule has 0 bridgehead atoms. The number of hydrogen-bond donors (Lipinski definition) is 0. The fourth-order valence-corrected chi connectivity index (χ4v) is 0.878. The van der Waals surface area contributed by atoms with Crippen molar-refractivity contribution in [3.63, 3.8) is 0 Å². The Kier molecular flexibility index (Phi) is 3.09. The number of pyridine rings is 1. The van der Waals surface area contributed by atoms with Crippen molar-refractivity contribution in [1.29, 1.82) is 5.26 Å². The molecule has 0 atom stereocenters. The van der Waals surface area contributed by atoms with Crippen LogP contribution >= 0.6 is 0 Å². The van der Waals surface area contributed by atoms with Crippen LogP contribution in [0, 0.1) is 11.5 Å². The van der Waals surface area contributed by atoms with E-state index in [0.29, 0.717) is 0 Å². The molecular weight excluding hydrogens is 150 g/mol. The first kappa shape index (κ1) is 8.54.